The number of nitrogens with one attached hydrogen (secondary N) is 2. The third kappa shape index (κ3) is 4.53. The second-order valence-corrected chi connectivity index (χ2v) is 6.33. The van der Waals surface area contributed by atoms with E-state index in [0.717, 1.165) is 23.6 Å². The summed E-state index contributed by atoms with van der Waals surface area (Å²) in [5.41, 5.74) is 1.84. The number of ether oxygens (including phenoxy) is 2. The van der Waals surface area contributed by atoms with Crippen LogP contribution in [0.5, 0.6) is 5.75 Å². The number of carbonyl (C=O) groups excluding carboxylic acids is 1. The highest BCUT2D eigenvalue weighted by Crippen LogP contribution is 2.26. The number of amides is 1. The summed E-state index contributed by atoms with van der Waals surface area (Å²) in [6.45, 7) is 4.67. The molecular weight excluding hydrogens is 326 g/mol. The quantitative estimate of drug-likeness (QED) is 0.840. The standard InChI is InChI=1S/C17H21N3O3S/c1-2-23-14-5-3-12(4-6-14)15-11-24-17(19-15)20-16(21)9-13-10-22-8-7-18-13/h3-6,11,13,18H,2,7-10H2,1H3,(H,19,20,21). The average Bonchev–Trinajstić information content (AvgIpc) is 3.05. The van der Waals surface area contributed by atoms with Crippen molar-refractivity contribution < 1.29 is 14.3 Å². The van der Waals surface area contributed by atoms with Crippen molar-refractivity contribution in [3.63, 3.8) is 0 Å². The maximum atomic E-state index is 12.1. The van der Waals surface area contributed by atoms with Gasteiger partial charge in [0.2, 0.25) is 5.91 Å². The molecule has 0 bridgehead atoms. The summed E-state index contributed by atoms with van der Waals surface area (Å²) in [5, 5.41) is 8.68. The molecule has 1 aliphatic rings. The van der Waals surface area contributed by atoms with Crippen LogP contribution in [-0.4, -0.2) is 43.3 Å². The molecular formula is C17H21N3O3S. The third-order valence-electron chi connectivity index (χ3n) is 3.64. The van der Waals surface area contributed by atoms with Crippen molar-refractivity contribution in [3.05, 3.63) is 29.6 Å². The van der Waals surface area contributed by atoms with E-state index in [4.69, 9.17) is 9.47 Å². The van der Waals surface area contributed by atoms with Gasteiger partial charge in [-0.25, -0.2) is 4.98 Å². The van der Waals surface area contributed by atoms with Gasteiger partial charge >= 0.3 is 0 Å². The molecule has 24 heavy (non-hydrogen) atoms. The number of carbonyl (C=O) groups is 1. The van der Waals surface area contributed by atoms with E-state index in [9.17, 15) is 4.79 Å². The molecule has 1 fully saturated rings. The predicted molar refractivity (Wildman–Crippen MR) is 94.6 cm³/mol. The van der Waals surface area contributed by atoms with Gasteiger partial charge in [-0.3, -0.25) is 4.79 Å². The first kappa shape index (κ1) is 16.9. The maximum absolute atomic E-state index is 12.1. The first-order valence-corrected chi connectivity index (χ1v) is 8.92. The Morgan fingerprint density at radius 2 is 2.29 bits per heavy atom. The van der Waals surface area contributed by atoms with E-state index in [1.165, 1.54) is 11.3 Å². The molecule has 1 aromatic heterocycles. The number of benzene rings is 1. The van der Waals surface area contributed by atoms with Crippen molar-refractivity contribution in [3.8, 4) is 17.0 Å². The fourth-order valence-corrected chi connectivity index (χ4v) is 3.23. The van der Waals surface area contributed by atoms with E-state index >= 15 is 0 Å². The summed E-state index contributed by atoms with van der Waals surface area (Å²) in [7, 11) is 0. The van der Waals surface area contributed by atoms with Crippen LogP contribution in [0, 0.1) is 0 Å². The van der Waals surface area contributed by atoms with Crippen LogP contribution in [-0.2, 0) is 9.53 Å². The summed E-state index contributed by atoms with van der Waals surface area (Å²) >= 11 is 1.42. The van der Waals surface area contributed by atoms with Crippen LogP contribution in [0.15, 0.2) is 29.6 Å². The maximum Gasteiger partial charge on any atom is 0.227 e. The molecule has 0 spiro atoms. The van der Waals surface area contributed by atoms with E-state index in [2.05, 4.69) is 15.6 Å². The SMILES string of the molecule is CCOc1ccc(-c2csc(NC(=O)CC3COCCN3)n2)cc1. The van der Waals surface area contributed by atoms with E-state index in [1.807, 2.05) is 36.6 Å². The molecule has 1 amide bonds. The molecule has 2 heterocycles. The zero-order valence-corrected chi connectivity index (χ0v) is 14.4. The van der Waals surface area contributed by atoms with Gasteiger partial charge in [-0.1, -0.05) is 0 Å². The number of aromatic nitrogens is 1. The highest BCUT2D eigenvalue weighted by atomic mass is 32.1. The molecule has 1 aromatic carbocycles. The zero-order chi connectivity index (χ0) is 16.8. The predicted octanol–water partition coefficient (Wildman–Crippen LogP) is 2.53. The summed E-state index contributed by atoms with van der Waals surface area (Å²) in [5.74, 6) is 0.790. The van der Waals surface area contributed by atoms with E-state index in [0.29, 0.717) is 31.4 Å². The molecule has 3 rings (SSSR count). The number of morpholine rings is 1. The second-order valence-electron chi connectivity index (χ2n) is 5.47. The first-order chi connectivity index (χ1) is 11.7. The molecule has 128 valence electrons. The summed E-state index contributed by atoms with van der Waals surface area (Å²) < 4.78 is 10.8. The Labute approximate surface area is 145 Å². The normalized spacial score (nSPS) is 17.5. The molecule has 1 atom stereocenters. The minimum Gasteiger partial charge on any atom is -0.494 e. The Kier molecular flexibility index (Phi) is 5.79. The van der Waals surface area contributed by atoms with E-state index in [1.54, 1.807) is 0 Å². The van der Waals surface area contributed by atoms with Gasteiger partial charge in [0.25, 0.3) is 0 Å². The largest absolute Gasteiger partial charge is 0.494 e. The van der Waals surface area contributed by atoms with Gasteiger partial charge in [0.15, 0.2) is 5.13 Å². The van der Waals surface area contributed by atoms with Crippen molar-refractivity contribution in [2.45, 2.75) is 19.4 Å². The number of rotatable bonds is 6. The van der Waals surface area contributed by atoms with Gasteiger partial charge in [0.05, 0.1) is 25.5 Å². The number of hydrogen-bond donors (Lipinski definition) is 2. The number of nitrogens with zero attached hydrogens (tertiary/aromatic N) is 1. The smallest absolute Gasteiger partial charge is 0.227 e. The number of anilines is 1. The van der Waals surface area contributed by atoms with Crippen LogP contribution in [0.1, 0.15) is 13.3 Å². The van der Waals surface area contributed by atoms with Crippen LogP contribution >= 0.6 is 11.3 Å². The second kappa shape index (κ2) is 8.23. The van der Waals surface area contributed by atoms with Crippen LogP contribution in [0.4, 0.5) is 5.13 Å². The van der Waals surface area contributed by atoms with Gasteiger partial charge in [-0.05, 0) is 31.2 Å². The monoisotopic (exact) mass is 347 g/mol. The van der Waals surface area contributed by atoms with Crippen LogP contribution in [0.2, 0.25) is 0 Å². The Balaban J connectivity index is 1.57. The minimum atomic E-state index is -0.0504. The van der Waals surface area contributed by atoms with Crippen molar-refractivity contribution >= 4 is 22.4 Å². The zero-order valence-electron chi connectivity index (χ0n) is 13.6. The first-order valence-electron chi connectivity index (χ1n) is 8.04. The van der Waals surface area contributed by atoms with Gasteiger partial charge in [0, 0.05) is 30.0 Å². The molecule has 1 aliphatic heterocycles. The molecule has 0 aliphatic carbocycles. The van der Waals surface area contributed by atoms with Crippen LogP contribution in [0.3, 0.4) is 0 Å². The lowest BCUT2D eigenvalue weighted by Gasteiger charge is -2.22. The van der Waals surface area contributed by atoms with Crippen molar-refractivity contribution in [1.29, 1.82) is 0 Å². The summed E-state index contributed by atoms with van der Waals surface area (Å²) in [6, 6.07) is 7.85. The van der Waals surface area contributed by atoms with Crippen molar-refractivity contribution in [2.24, 2.45) is 0 Å². The van der Waals surface area contributed by atoms with Gasteiger partial charge < -0.3 is 20.1 Å². The van der Waals surface area contributed by atoms with Gasteiger partial charge in [-0.2, -0.15) is 0 Å². The molecule has 0 saturated carbocycles. The van der Waals surface area contributed by atoms with Crippen LogP contribution in [0.25, 0.3) is 11.3 Å². The van der Waals surface area contributed by atoms with Crippen molar-refractivity contribution in [2.75, 3.05) is 31.7 Å². The molecule has 2 N–H and O–H groups in total. The molecule has 0 radical (unpaired) electrons. The molecule has 6 nitrogen and oxygen atoms in total. The minimum absolute atomic E-state index is 0.0504. The summed E-state index contributed by atoms with van der Waals surface area (Å²) in [4.78, 5) is 16.6. The third-order valence-corrected chi connectivity index (χ3v) is 4.40. The number of hydrogen-bond acceptors (Lipinski definition) is 6. The lowest BCUT2D eigenvalue weighted by molar-refractivity contribution is -0.117. The Morgan fingerprint density at radius 1 is 1.46 bits per heavy atom. The molecule has 2 aromatic rings. The Hall–Kier alpha value is -1.96. The summed E-state index contributed by atoms with van der Waals surface area (Å²) in [6.07, 6.45) is 0.387. The van der Waals surface area contributed by atoms with Crippen LogP contribution < -0.4 is 15.4 Å². The van der Waals surface area contributed by atoms with Gasteiger partial charge in [-0.15, -0.1) is 11.3 Å². The molecule has 7 heteroatoms. The highest BCUT2D eigenvalue weighted by molar-refractivity contribution is 7.14. The average molecular weight is 347 g/mol. The number of thiazole rings is 1. The van der Waals surface area contributed by atoms with Gasteiger partial charge in [0.1, 0.15) is 5.75 Å². The Bertz CT molecular complexity index is 666. The van der Waals surface area contributed by atoms with E-state index in [-0.39, 0.29) is 11.9 Å². The molecule has 1 unspecified atom stereocenters. The lowest BCUT2D eigenvalue weighted by Crippen LogP contribution is -2.43. The fraction of sp³-hybridized carbons (Fsp3) is 0.412. The lowest BCUT2D eigenvalue weighted by atomic mass is 10.2. The fourth-order valence-electron chi connectivity index (χ4n) is 2.50. The topological polar surface area (TPSA) is 72.5 Å². The van der Waals surface area contributed by atoms with E-state index < -0.39 is 0 Å². The van der Waals surface area contributed by atoms with Crippen molar-refractivity contribution in [1.82, 2.24) is 10.3 Å². The molecule has 1 saturated heterocycles. The highest BCUT2D eigenvalue weighted by Gasteiger charge is 2.17. The Morgan fingerprint density at radius 3 is 3.00 bits per heavy atom.